The minimum Gasteiger partial charge on any atom is -0.351 e. The third-order valence-corrected chi connectivity index (χ3v) is 5.44. The van der Waals surface area contributed by atoms with Crippen LogP contribution in [-0.2, 0) is 16.1 Å². The zero-order valence-electron chi connectivity index (χ0n) is 16.4. The molecular weight excluding hydrogens is 340 g/mol. The van der Waals surface area contributed by atoms with E-state index in [4.69, 9.17) is 0 Å². The van der Waals surface area contributed by atoms with E-state index in [0.717, 1.165) is 49.8 Å². The Labute approximate surface area is 161 Å². The lowest BCUT2D eigenvalue weighted by Gasteiger charge is -2.13. The standard InChI is InChI=1S/C21H32N4O2/c1-14(2)10-18-12-19(25-24-18)21(27)22-13-15-6-5-9-17(11-15)23-20(26)16-7-3-4-8-16/h5-6,9,11,14,16,18-19,24-25H,3-4,7-8,10,12-13H2,1-2H3,(H,22,27)(H,23,26). The van der Waals surface area contributed by atoms with E-state index >= 15 is 0 Å². The van der Waals surface area contributed by atoms with Crippen molar-refractivity contribution in [2.45, 2.75) is 71.0 Å². The Hall–Kier alpha value is -1.92. The van der Waals surface area contributed by atoms with Crippen LogP contribution in [0.15, 0.2) is 24.3 Å². The fraction of sp³-hybridized carbons (Fsp3) is 0.619. The topological polar surface area (TPSA) is 82.3 Å². The second kappa shape index (κ2) is 9.33. The lowest BCUT2D eigenvalue weighted by atomic mass is 10.00. The largest absolute Gasteiger partial charge is 0.351 e. The number of benzene rings is 1. The molecule has 27 heavy (non-hydrogen) atoms. The maximum absolute atomic E-state index is 12.4. The summed E-state index contributed by atoms with van der Waals surface area (Å²) < 4.78 is 0. The van der Waals surface area contributed by atoms with Crippen LogP contribution < -0.4 is 21.5 Å². The summed E-state index contributed by atoms with van der Waals surface area (Å²) in [5, 5.41) is 6.01. The molecule has 1 aliphatic carbocycles. The lowest BCUT2D eigenvalue weighted by molar-refractivity contribution is -0.123. The molecule has 1 heterocycles. The molecule has 2 amide bonds. The summed E-state index contributed by atoms with van der Waals surface area (Å²) in [6, 6.07) is 7.87. The summed E-state index contributed by atoms with van der Waals surface area (Å²) in [7, 11) is 0. The van der Waals surface area contributed by atoms with Gasteiger partial charge in [0.25, 0.3) is 0 Å². The van der Waals surface area contributed by atoms with Crippen molar-refractivity contribution in [2.24, 2.45) is 11.8 Å². The summed E-state index contributed by atoms with van der Waals surface area (Å²) in [5.41, 5.74) is 8.10. The number of nitrogens with one attached hydrogen (secondary N) is 4. The summed E-state index contributed by atoms with van der Waals surface area (Å²) >= 11 is 0. The van der Waals surface area contributed by atoms with Gasteiger partial charge in [-0.1, -0.05) is 38.8 Å². The van der Waals surface area contributed by atoms with Gasteiger partial charge in [-0.15, -0.1) is 0 Å². The van der Waals surface area contributed by atoms with Crippen molar-refractivity contribution in [3.63, 3.8) is 0 Å². The van der Waals surface area contributed by atoms with Gasteiger partial charge in [-0.2, -0.15) is 0 Å². The van der Waals surface area contributed by atoms with E-state index < -0.39 is 0 Å². The first-order valence-electron chi connectivity index (χ1n) is 10.2. The van der Waals surface area contributed by atoms with Gasteiger partial charge in [0, 0.05) is 24.2 Å². The first kappa shape index (κ1) is 19.8. The fourth-order valence-corrected chi connectivity index (χ4v) is 4.02. The molecule has 2 fully saturated rings. The molecule has 1 saturated heterocycles. The van der Waals surface area contributed by atoms with E-state index in [1.807, 2.05) is 24.3 Å². The number of carbonyl (C=O) groups excluding carboxylic acids is 2. The second-order valence-corrected chi connectivity index (χ2v) is 8.29. The van der Waals surface area contributed by atoms with Gasteiger partial charge in [0.1, 0.15) is 6.04 Å². The van der Waals surface area contributed by atoms with Crippen molar-refractivity contribution < 1.29 is 9.59 Å². The molecule has 1 saturated carbocycles. The van der Waals surface area contributed by atoms with Gasteiger partial charge in [-0.25, -0.2) is 5.43 Å². The zero-order chi connectivity index (χ0) is 19.2. The van der Waals surface area contributed by atoms with Crippen LogP contribution in [-0.4, -0.2) is 23.9 Å². The average molecular weight is 373 g/mol. The molecule has 1 aromatic rings. The number of hydrogen-bond acceptors (Lipinski definition) is 4. The minimum atomic E-state index is -0.195. The smallest absolute Gasteiger partial charge is 0.238 e. The highest BCUT2D eigenvalue weighted by atomic mass is 16.2. The third kappa shape index (κ3) is 5.78. The molecule has 0 bridgehead atoms. The molecule has 4 N–H and O–H groups in total. The van der Waals surface area contributed by atoms with Crippen molar-refractivity contribution in [3.05, 3.63) is 29.8 Å². The molecule has 0 spiro atoms. The molecule has 6 heteroatoms. The summed E-state index contributed by atoms with van der Waals surface area (Å²) in [6.07, 6.45) is 6.13. The van der Waals surface area contributed by atoms with Crippen molar-refractivity contribution in [2.75, 3.05) is 5.32 Å². The first-order chi connectivity index (χ1) is 13.0. The SMILES string of the molecule is CC(C)CC1CC(C(=O)NCc2cccc(NC(=O)C3CCCC3)c2)NN1. The molecule has 1 aromatic carbocycles. The Balaban J connectivity index is 1.47. The highest BCUT2D eigenvalue weighted by Crippen LogP contribution is 2.26. The quantitative estimate of drug-likeness (QED) is 0.593. The van der Waals surface area contributed by atoms with Crippen LogP contribution >= 0.6 is 0 Å². The Morgan fingerprint density at radius 3 is 2.67 bits per heavy atom. The van der Waals surface area contributed by atoms with Crippen molar-refractivity contribution in [3.8, 4) is 0 Å². The van der Waals surface area contributed by atoms with E-state index in [1.165, 1.54) is 0 Å². The number of amides is 2. The molecule has 3 rings (SSSR count). The molecule has 2 unspecified atom stereocenters. The monoisotopic (exact) mass is 372 g/mol. The molecule has 2 atom stereocenters. The average Bonchev–Trinajstić information content (AvgIpc) is 3.31. The van der Waals surface area contributed by atoms with Crippen LogP contribution in [0.3, 0.4) is 0 Å². The van der Waals surface area contributed by atoms with E-state index in [-0.39, 0.29) is 23.8 Å². The highest BCUT2D eigenvalue weighted by Gasteiger charge is 2.29. The minimum absolute atomic E-state index is 0.00847. The molecule has 148 valence electrons. The summed E-state index contributed by atoms with van der Waals surface area (Å²) in [4.78, 5) is 24.7. The third-order valence-electron chi connectivity index (χ3n) is 5.44. The van der Waals surface area contributed by atoms with Crippen molar-refractivity contribution in [1.82, 2.24) is 16.2 Å². The normalized spacial score (nSPS) is 22.9. The molecular formula is C21H32N4O2. The van der Waals surface area contributed by atoms with Crippen molar-refractivity contribution >= 4 is 17.5 Å². The first-order valence-corrected chi connectivity index (χ1v) is 10.2. The number of rotatable bonds is 7. The zero-order valence-corrected chi connectivity index (χ0v) is 16.4. The van der Waals surface area contributed by atoms with E-state index in [0.29, 0.717) is 18.5 Å². The second-order valence-electron chi connectivity index (χ2n) is 8.29. The molecule has 2 aliphatic rings. The van der Waals surface area contributed by atoms with E-state index in [9.17, 15) is 9.59 Å². The van der Waals surface area contributed by atoms with Gasteiger partial charge in [0.2, 0.25) is 11.8 Å². The van der Waals surface area contributed by atoms with E-state index in [1.54, 1.807) is 0 Å². The maximum atomic E-state index is 12.4. The Morgan fingerprint density at radius 1 is 1.15 bits per heavy atom. The van der Waals surface area contributed by atoms with Gasteiger partial charge >= 0.3 is 0 Å². The van der Waals surface area contributed by atoms with Crippen LogP contribution in [0, 0.1) is 11.8 Å². The van der Waals surface area contributed by atoms with E-state index in [2.05, 4.69) is 35.3 Å². The van der Waals surface area contributed by atoms with Crippen LogP contribution in [0.25, 0.3) is 0 Å². The molecule has 6 nitrogen and oxygen atoms in total. The molecule has 0 radical (unpaired) electrons. The van der Waals surface area contributed by atoms with Gasteiger partial charge < -0.3 is 10.6 Å². The predicted molar refractivity (Wildman–Crippen MR) is 107 cm³/mol. The summed E-state index contributed by atoms with van der Waals surface area (Å²) in [6.45, 7) is 4.83. The van der Waals surface area contributed by atoms with Crippen LogP contribution in [0.4, 0.5) is 5.69 Å². The van der Waals surface area contributed by atoms with Gasteiger partial charge in [0.15, 0.2) is 0 Å². The highest BCUT2D eigenvalue weighted by molar-refractivity contribution is 5.92. The Kier molecular flexibility index (Phi) is 6.85. The number of hydrazine groups is 1. The number of anilines is 1. The van der Waals surface area contributed by atoms with Gasteiger partial charge in [-0.3, -0.25) is 15.0 Å². The Morgan fingerprint density at radius 2 is 1.93 bits per heavy atom. The maximum Gasteiger partial charge on any atom is 0.238 e. The van der Waals surface area contributed by atoms with Crippen LogP contribution in [0.5, 0.6) is 0 Å². The Bertz CT molecular complexity index is 655. The molecule has 1 aliphatic heterocycles. The van der Waals surface area contributed by atoms with Crippen LogP contribution in [0.2, 0.25) is 0 Å². The van der Waals surface area contributed by atoms with Crippen LogP contribution in [0.1, 0.15) is 57.9 Å². The summed E-state index contributed by atoms with van der Waals surface area (Å²) in [5.74, 6) is 0.877. The van der Waals surface area contributed by atoms with Crippen molar-refractivity contribution in [1.29, 1.82) is 0 Å². The van der Waals surface area contributed by atoms with Gasteiger partial charge in [-0.05, 0) is 49.3 Å². The number of carbonyl (C=O) groups is 2. The van der Waals surface area contributed by atoms with Gasteiger partial charge in [0.05, 0.1) is 0 Å². The fourth-order valence-electron chi connectivity index (χ4n) is 4.02. The molecule has 0 aromatic heterocycles. The number of hydrogen-bond donors (Lipinski definition) is 4. The predicted octanol–water partition coefficient (Wildman–Crippen LogP) is 2.71. The lowest BCUT2D eigenvalue weighted by Crippen LogP contribution is -2.43.